The van der Waals surface area contributed by atoms with Gasteiger partial charge in [0, 0.05) is 11.3 Å². The summed E-state index contributed by atoms with van der Waals surface area (Å²) in [4.78, 5) is 13.4. The van der Waals surface area contributed by atoms with Gasteiger partial charge in [-0.05, 0) is 42.0 Å². The summed E-state index contributed by atoms with van der Waals surface area (Å²) in [6.07, 6.45) is 0. The molecule has 1 amide bonds. The first-order valence-corrected chi connectivity index (χ1v) is 11.6. The number of hydrogen-bond acceptors (Lipinski definition) is 7. The standard InChI is InChI=1S/C25H23N5O3S/c1-32-19-12-8-16(9-13-19)21-22(24(31)26-18-10-14-20(33-2)15-11-18)34-25-28-27-23(30(25)29-21)17-6-4-3-5-7-17/h3-15,21-22,29H,1-2H3,(H,26,31)/t21-,22-/m0/s1. The average Bonchev–Trinajstić information content (AvgIpc) is 3.32. The van der Waals surface area contributed by atoms with Crippen LogP contribution in [0.4, 0.5) is 5.69 Å². The smallest absolute Gasteiger partial charge is 0.240 e. The Balaban J connectivity index is 1.48. The Kier molecular flexibility index (Phi) is 6.09. The van der Waals surface area contributed by atoms with Crippen molar-refractivity contribution >= 4 is 23.4 Å². The minimum atomic E-state index is -0.490. The molecule has 1 aromatic heterocycles. The number of carbonyl (C=O) groups is 1. The van der Waals surface area contributed by atoms with Gasteiger partial charge in [0.1, 0.15) is 16.7 Å². The zero-order chi connectivity index (χ0) is 23.5. The highest BCUT2D eigenvalue weighted by molar-refractivity contribution is 8.00. The van der Waals surface area contributed by atoms with E-state index in [0.29, 0.717) is 16.7 Å². The topological polar surface area (TPSA) is 90.3 Å². The van der Waals surface area contributed by atoms with Gasteiger partial charge in [-0.15, -0.1) is 10.2 Å². The van der Waals surface area contributed by atoms with E-state index in [0.717, 1.165) is 22.6 Å². The first-order chi connectivity index (χ1) is 16.7. The van der Waals surface area contributed by atoms with Gasteiger partial charge >= 0.3 is 0 Å². The molecule has 172 valence electrons. The van der Waals surface area contributed by atoms with Crippen molar-refractivity contribution in [2.24, 2.45) is 0 Å². The summed E-state index contributed by atoms with van der Waals surface area (Å²) < 4.78 is 12.4. The fourth-order valence-corrected chi connectivity index (χ4v) is 4.86. The van der Waals surface area contributed by atoms with Gasteiger partial charge in [0.05, 0.1) is 20.3 Å². The molecule has 8 nitrogen and oxygen atoms in total. The van der Waals surface area contributed by atoms with Gasteiger partial charge in [-0.3, -0.25) is 4.79 Å². The summed E-state index contributed by atoms with van der Waals surface area (Å²) in [5.74, 6) is 2.03. The normalized spacial score (nSPS) is 16.8. The Morgan fingerprint density at radius 3 is 2.21 bits per heavy atom. The van der Waals surface area contributed by atoms with Crippen molar-refractivity contribution in [1.82, 2.24) is 14.9 Å². The highest BCUT2D eigenvalue weighted by atomic mass is 32.2. The van der Waals surface area contributed by atoms with E-state index in [1.807, 2.05) is 83.5 Å². The highest BCUT2D eigenvalue weighted by Gasteiger charge is 2.38. The van der Waals surface area contributed by atoms with Crippen molar-refractivity contribution in [3.63, 3.8) is 0 Å². The second-order valence-electron chi connectivity index (χ2n) is 7.64. The monoisotopic (exact) mass is 473 g/mol. The number of rotatable bonds is 6. The molecule has 0 radical (unpaired) electrons. The predicted octanol–water partition coefficient (Wildman–Crippen LogP) is 4.36. The SMILES string of the molecule is COc1ccc(NC(=O)[C@H]2Sc3nnc(-c4ccccc4)n3N[C@H]2c2ccc(OC)cc2)cc1. The molecule has 34 heavy (non-hydrogen) atoms. The molecule has 9 heteroatoms. The van der Waals surface area contributed by atoms with Crippen LogP contribution in [0.2, 0.25) is 0 Å². The van der Waals surface area contributed by atoms with Gasteiger partial charge in [-0.2, -0.15) is 0 Å². The van der Waals surface area contributed by atoms with Crippen molar-refractivity contribution in [1.29, 1.82) is 0 Å². The van der Waals surface area contributed by atoms with Crippen molar-refractivity contribution in [2.75, 3.05) is 25.0 Å². The number of hydrogen-bond donors (Lipinski definition) is 2. The molecule has 2 heterocycles. The number of fused-ring (bicyclic) bond motifs is 1. The number of ether oxygens (including phenoxy) is 2. The van der Waals surface area contributed by atoms with E-state index in [2.05, 4.69) is 20.9 Å². The van der Waals surface area contributed by atoms with Gasteiger partial charge in [0.2, 0.25) is 11.1 Å². The summed E-state index contributed by atoms with van der Waals surface area (Å²) in [7, 11) is 3.24. The second-order valence-corrected chi connectivity index (χ2v) is 8.75. The molecule has 0 saturated heterocycles. The number of anilines is 1. The van der Waals surface area contributed by atoms with Crippen LogP contribution in [0, 0.1) is 0 Å². The van der Waals surface area contributed by atoms with Crippen molar-refractivity contribution < 1.29 is 14.3 Å². The molecule has 2 N–H and O–H groups in total. The van der Waals surface area contributed by atoms with Gasteiger partial charge in [0.25, 0.3) is 0 Å². The Labute approximate surface area is 201 Å². The number of methoxy groups -OCH3 is 2. The van der Waals surface area contributed by atoms with Crippen LogP contribution in [0.25, 0.3) is 11.4 Å². The number of nitrogens with zero attached hydrogens (tertiary/aromatic N) is 3. The average molecular weight is 474 g/mol. The van der Waals surface area contributed by atoms with Crippen molar-refractivity contribution in [2.45, 2.75) is 16.4 Å². The molecule has 1 aliphatic heterocycles. The first-order valence-electron chi connectivity index (χ1n) is 10.7. The van der Waals surface area contributed by atoms with Crippen LogP contribution in [0.3, 0.4) is 0 Å². The first kappa shape index (κ1) is 21.8. The predicted molar refractivity (Wildman–Crippen MR) is 132 cm³/mol. The Morgan fingerprint density at radius 2 is 1.56 bits per heavy atom. The third-order valence-corrected chi connectivity index (χ3v) is 6.77. The van der Waals surface area contributed by atoms with E-state index in [4.69, 9.17) is 9.47 Å². The number of aromatic nitrogens is 3. The van der Waals surface area contributed by atoms with Crippen LogP contribution < -0.4 is 20.2 Å². The summed E-state index contributed by atoms with van der Waals surface area (Å²) >= 11 is 1.38. The Hall–Kier alpha value is -3.98. The van der Waals surface area contributed by atoms with E-state index < -0.39 is 5.25 Å². The lowest BCUT2D eigenvalue weighted by atomic mass is 10.0. The van der Waals surface area contributed by atoms with Crippen LogP contribution in [0.1, 0.15) is 11.6 Å². The molecular weight excluding hydrogens is 450 g/mol. The molecule has 3 aromatic carbocycles. The number of carbonyl (C=O) groups excluding carboxylic acids is 1. The van der Waals surface area contributed by atoms with Gasteiger partial charge in [-0.1, -0.05) is 54.2 Å². The van der Waals surface area contributed by atoms with Crippen LogP contribution in [0.5, 0.6) is 11.5 Å². The molecule has 5 rings (SSSR count). The van der Waals surface area contributed by atoms with Crippen LogP contribution in [-0.4, -0.2) is 40.3 Å². The third-order valence-electron chi connectivity index (χ3n) is 5.56. The van der Waals surface area contributed by atoms with Crippen LogP contribution in [-0.2, 0) is 4.79 Å². The highest BCUT2D eigenvalue weighted by Crippen LogP contribution is 2.39. The van der Waals surface area contributed by atoms with Crippen LogP contribution >= 0.6 is 11.8 Å². The van der Waals surface area contributed by atoms with E-state index in [9.17, 15) is 4.79 Å². The lowest BCUT2D eigenvalue weighted by Gasteiger charge is -2.33. The Bertz CT molecular complexity index is 1280. The van der Waals surface area contributed by atoms with Crippen LogP contribution in [0.15, 0.2) is 84.0 Å². The summed E-state index contributed by atoms with van der Waals surface area (Å²) in [5, 5.41) is 11.9. The third kappa shape index (κ3) is 4.29. The fraction of sp³-hybridized carbons (Fsp3) is 0.160. The molecule has 0 unspecified atom stereocenters. The molecule has 1 aliphatic rings. The lowest BCUT2D eigenvalue weighted by Crippen LogP contribution is -2.41. The van der Waals surface area contributed by atoms with Gasteiger partial charge in [-0.25, -0.2) is 4.68 Å². The van der Waals surface area contributed by atoms with Crippen molar-refractivity contribution in [3.05, 3.63) is 84.4 Å². The maximum absolute atomic E-state index is 13.4. The number of benzene rings is 3. The van der Waals surface area contributed by atoms with E-state index >= 15 is 0 Å². The van der Waals surface area contributed by atoms with Gasteiger partial charge in [0.15, 0.2) is 5.82 Å². The molecule has 0 spiro atoms. The number of amides is 1. The maximum atomic E-state index is 13.4. The zero-order valence-electron chi connectivity index (χ0n) is 18.6. The molecule has 0 saturated carbocycles. The molecule has 0 aliphatic carbocycles. The van der Waals surface area contributed by atoms with E-state index in [1.165, 1.54) is 11.8 Å². The quantitative estimate of drug-likeness (QED) is 0.430. The number of thioether (sulfide) groups is 1. The summed E-state index contributed by atoms with van der Waals surface area (Å²) in [5.41, 5.74) is 6.05. The molecule has 0 fully saturated rings. The fourth-order valence-electron chi connectivity index (χ4n) is 3.78. The minimum Gasteiger partial charge on any atom is -0.497 e. The molecule has 4 aromatic rings. The molecular formula is C25H23N5O3S. The molecule has 0 bridgehead atoms. The van der Waals surface area contributed by atoms with E-state index in [-0.39, 0.29) is 11.9 Å². The largest absolute Gasteiger partial charge is 0.497 e. The summed E-state index contributed by atoms with van der Waals surface area (Å²) in [6, 6.07) is 24.5. The minimum absolute atomic E-state index is 0.140. The second kappa shape index (κ2) is 9.48. The zero-order valence-corrected chi connectivity index (χ0v) is 19.5. The summed E-state index contributed by atoms with van der Waals surface area (Å²) in [6.45, 7) is 0. The number of nitrogens with one attached hydrogen (secondary N) is 2. The lowest BCUT2D eigenvalue weighted by molar-refractivity contribution is -0.116. The van der Waals surface area contributed by atoms with Crippen molar-refractivity contribution in [3.8, 4) is 22.9 Å². The van der Waals surface area contributed by atoms with Gasteiger partial charge < -0.3 is 20.2 Å². The van der Waals surface area contributed by atoms with E-state index in [1.54, 1.807) is 14.2 Å². The molecule has 2 atom stereocenters. The maximum Gasteiger partial charge on any atom is 0.240 e. The Morgan fingerprint density at radius 1 is 0.912 bits per heavy atom.